The van der Waals surface area contributed by atoms with Gasteiger partial charge in [-0.3, -0.25) is 19.4 Å². The van der Waals surface area contributed by atoms with E-state index >= 15 is 0 Å². The zero-order chi connectivity index (χ0) is 23.5. The van der Waals surface area contributed by atoms with Crippen LogP contribution in [0.15, 0.2) is 42.7 Å². The molecule has 8 nitrogen and oxygen atoms in total. The van der Waals surface area contributed by atoms with Crippen LogP contribution in [0.1, 0.15) is 41.3 Å². The number of ketones is 1. The minimum atomic E-state index is -0.265. The van der Waals surface area contributed by atoms with Gasteiger partial charge in [0, 0.05) is 35.3 Å². The second-order valence-corrected chi connectivity index (χ2v) is 8.11. The maximum atomic E-state index is 13.2. The van der Waals surface area contributed by atoms with Crippen molar-refractivity contribution in [3.8, 4) is 17.0 Å². The van der Waals surface area contributed by atoms with Gasteiger partial charge >= 0.3 is 0 Å². The molecule has 2 N–H and O–H groups in total. The van der Waals surface area contributed by atoms with Crippen molar-refractivity contribution in [1.82, 2.24) is 20.0 Å². The van der Waals surface area contributed by atoms with E-state index in [-0.39, 0.29) is 18.2 Å². The Morgan fingerprint density at radius 3 is 2.64 bits per heavy atom. The van der Waals surface area contributed by atoms with E-state index in [2.05, 4.69) is 20.6 Å². The van der Waals surface area contributed by atoms with E-state index in [0.29, 0.717) is 23.4 Å². The highest BCUT2D eigenvalue weighted by molar-refractivity contribution is 6.10. The quantitative estimate of drug-likeness (QED) is 0.410. The summed E-state index contributed by atoms with van der Waals surface area (Å²) in [5.41, 5.74) is 5.31. The zero-order valence-corrected chi connectivity index (χ0v) is 19.2. The van der Waals surface area contributed by atoms with Gasteiger partial charge in [-0.05, 0) is 37.5 Å². The molecule has 0 saturated carbocycles. The monoisotopic (exact) mass is 445 g/mol. The van der Waals surface area contributed by atoms with E-state index < -0.39 is 0 Å². The highest BCUT2D eigenvalue weighted by Gasteiger charge is 2.19. The smallest absolute Gasteiger partial charge is 0.259 e. The van der Waals surface area contributed by atoms with Crippen LogP contribution < -0.4 is 10.1 Å². The molecule has 0 aliphatic carbocycles. The number of benzene rings is 2. The summed E-state index contributed by atoms with van der Waals surface area (Å²) >= 11 is 0. The number of Topliss-reactive ketones (excluding diaryl/α,β-unsaturated/α-hetero) is 1. The number of ether oxygens (including phenoxy) is 1. The molecule has 33 heavy (non-hydrogen) atoms. The Morgan fingerprint density at radius 2 is 1.94 bits per heavy atom. The van der Waals surface area contributed by atoms with Crippen molar-refractivity contribution in [3.05, 3.63) is 59.4 Å². The molecule has 4 aromatic rings. The Hall–Kier alpha value is -3.94. The number of rotatable bonds is 8. The average Bonchev–Trinajstić information content (AvgIpc) is 3.41. The van der Waals surface area contributed by atoms with Crippen LogP contribution in [0.25, 0.3) is 22.2 Å². The van der Waals surface area contributed by atoms with Gasteiger partial charge in [0.25, 0.3) is 5.91 Å². The van der Waals surface area contributed by atoms with Crippen LogP contribution in [0.3, 0.4) is 0 Å². The van der Waals surface area contributed by atoms with Crippen LogP contribution in [0.5, 0.6) is 5.75 Å². The fraction of sp³-hybridized carbons (Fsp3) is 0.280. The SMILES string of the molecule is CCCC(=O)Cn1cc(-c2n[nH]c3cc(OC)c(C(=O)Nc4c(C)cccc4C)cc23)cn1. The van der Waals surface area contributed by atoms with Gasteiger partial charge in [-0.15, -0.1) is 0 Å². The molecule has 0 aliphatic rings. The van der Waals surface area contributed by atoms with Gasteiger partial charge in [0.05, 0.1) is 30.9 Å². The molecular formula is C25H27N5O3. The maximum Gasteiger partial charge on any atom is 0.259 e. The molecule has 170 valence electrons. The van der Waals surface area contributed by atoms with E-state index in [0.717, 1.165) is 39.7 Å². The lowest BCUT2D eigenvalue weighted by Crippen LogP contribution is -2.15. The van der Waals surface area contributed by atoms with Crippen molar-refractivity contribution in [1.29, 1.82) is 0 Å². The van der Waals surface area contributed by atoms with Gasteiger partial charge in [0.1, 0.15) is 11.4 Å². The number of fused-ring (bicyclic) bond motifs is 1. The normalized spacial score (nSPS) is 11.0. The minimum absolute atomic E-state index is 0.134. The number of para-hydroxylation sites is 1. The number of nitrogens with zero attached hydrogens (tertiary/aromatic N) is 3. The number of hydrogen-bond acceptors (Lipinski definition) is 5. The number of hydrogen-bond donors (Lipinski definition) is 2. The summed E-state index contributed by atoms with van der Waals surface area (Å²) in [4.78, 5) is 25.2. The second-order valence-electron chi connectivity index (χ2n) is 8.11. The number of aromatic amines is 1. The van der Waals surface area contributed by atoms with Crippen LogP contribution in [-0.4, -0.2) is 38.8 Å². The fourth-order valence-corrected chi connectivity index (χ4v) is 3.91. The molecule has 0 atom stereocenters. The Labute approximate surface area is 192 Å². The number of amides is 1. The summed E-state index contributed by atoms with van der Waals surface area (Å²) in [5.74, 6) is 0.315. The lowest BCUT2D eigenvalue weighted by atomic mass is 10.0. The van der Waals surface area contributed by atoms with Crippen molar-refractivity contribution >= 4 is 28.3 Å². The van der Waals surface area contributed by atoms with E-state index in [1.165, 1.54) is 7.11 Å². The molecule has 0 unspecified atom stereocenters. The lowest BCUT2D eigenvalue weighted by Gasteiger charge is -2.13. The first-order chi connectivity index (χ1) is 15.9. The third kappa shape index (κ3) is 4.50. The van der Waals surface area contributed by atoms with Crippen molar-refractivity contribution in [2.24, 2.45) is 0 Å². The maximum absolute atomic E-state index is 13.2. The Morgan fingerprint density at radius 1 is 1.18 bits per heavy atom. The topological polar surface area (TPSA) is 102 Å². The summed E-state index contributed by atoms with van der Waals surface area (Å²) < 4.78 is 7.11. The third-order valence-corrected chi connectivity index (χ3v) is 5.62. The molecular weight excluding hydrogens is 418 g/mol. The molecule has 1 amide bonds. The van der Waals surface area contributed by atoms with Crippen LogP contribution >= 0.6 is 0 Å². The number of carbonyl (C=O) groups excluding carboxylic acids is 2. The summed E-state index contributed by atoms with van der Waals surface area (Å²) in [6.07, 6.45) is 4.81. The van der Waals surface area contributed by atoms with E-state index in [1.807, 2.05) is 39.0 Å². The lowest BCUT2D eigenvalue weighted by molar-refractivity contribution is -0.119. The molecule has 0 bridgehead atoms. The van der Waals surface area contributed by atoms with Gasteiger partial charge in [0.2, 0.25) is 0 Å². The van der Waals surface area contributed by atoms with Crippen LogP contribution in [0.2, 0.25) is 0 Å². The molecule has 0 saturated heterocycles. The Kier molecular flexibility index (Phi) is 6.26. The first kappa shape index (κ1) is 22.3. The van der Waals surface area contributed by atoms with Crippen LogP contribution in [-0.2, 0) is 11.3 Å². The number of carbonyl (C=O) groups is 2. The molecule has 0 aliphatic heterocycles. The largest absolute Gasteiger partial charge is 0.496 e. The number of anilines is 1. The fourth-order valence-electron chi connectivity index (χ4n) is 3.91. The van der Waals surface area contributed by atoms with Crippen LogP contribution in [0, 0.1) is 13.8 Å². The Bertz CT molecular complexity index is 1320. The van der Waals surface area contributed by atoms with Gasteiger partial charge in [-0.25, -0.2) is 0 Å². The molecule has 8 heteroatoms. The summed E-state index contributed by atoms with van der Waals surface area (Å²) in [6, 6.07) is 9.41. The first-order valence-corrected chi connectivity index (χ1v) is 10.9. The van der Waals surface area contributed by atoms with Crippen molar-refractivity contribution in [2.75, 3.05) is 12.4 Å². The first-order valence-electron chi connectivity index (χ1n) is 10.9. The molecule has 0 radical (unpaired) electrons. The van der Waals surface area contributed by atoms with Gasteiger partial charge < -0.3 is 10.1 Å². The molecule has 0 spiro atoms. The van der Waals surface area contributed by atoms with Gasteiger partial charge in [0.15, 0.2) is 5.78 Å². The van der Waals surface area contributed by atoms with E-state index in [9.17, 15) is 9.59 Å². The standard InChI is InChI=1S/C25H27N5O3/c1-5-7-18(31)14-30-13-17(12-26-30)24-19-10-20(22(33-4)11-21(19)28-29-24)25(32)27-23-15(2)8-6-9-16(23)3/h6,8-13H,5,7,14H2,1-4H3,(H,27,32)(H,28,29). The van der Waals surface area contributed by atoms with E-state index in [4.69, 9.17) is 4.74 Å². The summed E-state index contributed by atoms with van der Waals surface area (Å²) in [6.45, 7) is 6.12. The number of aryl methyl sites for hydroxylation is 2. The number of methoxy groups -OCH3 is 1. The highest BCUT2D eigenvalue weighted by atomic mass is 16.5. The number of H-pyrrole nitrogens is 1. The highest BCUT2D eigenvalue weighted by Crippen LogP contribution is 2.32. The predicted molar refractivity (Wildman–Crippen MR) is 128 cm³/mol. The van der Waals surface area contributed by atoms with Gasteiger partial charge in [-0.2, -0.15) is 10.2 Å². The molecule has 4 rings (SSSR count). The Balaban J connectivity index is 1.69. The molecule has 0 fully saturated rings. The number of aromatic nitrogens is 4. The third-order valence-electron chi connectivity index (χ3n) is 5.62. The molecule has 2 aromatic carbocycles. The van der Waals surface area contributed by atoms with Crippen molar-refractivity contribution in [3.63, 3.8) is 0 Å². The zero-order valence-electron chi connectivity index (χ0n) is 19.2. The summed E-state index contributed by atoms with van der Waals surface area (Å²) in [5, 5.41) is 15.5. The van der Waals surface area contributed by atoms with Crippen molar-refractivity contribution in [2.45, 2.75) is 40.2 Å². The van der Waals surface area contributed by atoms with Gasteiger partial charge in [-0.1, -0.05) is 25.1 Å². The molecule has 2 heterocycles. The van der Waals surface area contributed by atoms with E-state index in [1.54, 1.807) is 29.2 Å². The summed E-state index contributed by atoms with van der Waals surface area (Å²) in [7, 11) is 1.53. The molecule has 2 aromatic heterocycles. The average molecular weight is 446 g/mol. The number of nitrogens with one attached hydrogen (secondary N) is 2. The predicted octanol–water partition coefficient (Wildman–Crippen LogP) is 4.67. The van der Waals surface area contributed by atoms with Crippen molar-refractivity contribution < 1.29 is 14.3 Å². The van der Waals surface area contributed by atoms with Crippen LogP contribution in [0.4, 0.5) is 5.69 Å². The minimum Gasteiger partial charge on any atom is -0.496 e. The second kappa shape index (κ2) is 9.28.